The quantitative estimate of drug-likeness (QED) is 0.828. The van der Waals surface area contributed by atoms with E-state index in [1.54, 1.807) is 23.5 Å². The van der Waals surface area contributed by atoms with Gasteiger partial charge in [0.2, 0.25) is 15.9 Å². The second-order valence-corrected chi connectivity index (χ2v) is 8.65. The van der Waals surface area contributed by atoms with Crippen molar-refractivity contribution in [3.05, 3.63) is 51.7 Å². The van der Waals surface area contributed by atoms with E-state index in [2.05, 4.69) is 5.32 Å². The molecule has 0 aliphatic heterocycles. The van der Waals surface area contributed by atoms with Crippen LogP contribution in [0.4, 0.5) is 5.69 Å². The van der Waals surface area contributed by atoms with Crippen LogP contribution in [0.5, 0.6) is 0 Å². The van der Waals surface area contributed by atoms with Crippen LogP contribution in [-0.2, 0) is 14.8 Å². The van der Waals surface area contributed by atoms with Gasteiger partial charge in [-0.05, 0) is 54.6 Å². The van der Waals surface area contributed by atoms with Gasteiger partial charge in [-0.25, -0.2) is 12.7 Å². The molecule has 1 amide bonds. The number of hydrogen-bond donors (Lipinski definition) is 1. The highest BCUT2D eigenvalue weighted by molar-refractivity contribution is 7.89. The van der Waals surface area contributed by atoms with Crippen LogP contribution in [0, 0.1) is 13.8 Å². The molecule has 0 aliphatic carbocycles. The number of carbonyl (C=O) groups is 1. The van der Waals surface area contributed by atoms with Gasteiger partial charge in [0.25, 0.3) is 0 Å². The number of sulfonamides is 1. The van der Waals surface area contributed by atoms with Crippen LogP contribution < -0.4 is 5.32 Å². The monoisotopic (exact) mass is 364 g/mol. The average Bonchev–Trinajstić information content (AvgIpc) is 2.92. The fourth-order valence-corrected chi connectivity index (χ4v) is 3.74. The van der Waals surface area contributed by atoms with E-state index in [4.69, 9.17) is 0 Å². The first kappa shape index (κ1) is 18.4. The molecule has 0 spiro atoms. The third-order valence-corrected chi connectivity index (χ3v) is 6.33. The summed E-state index contributed by atoms with van der Waals surface area (Å²) in [5.41, 5.74) is 2.39. The van der Waals surface area contributed by atoms with Crippen molar-refractivity contribution in [3.8, 4) is 0 Å². The van der Waals surface area contributed by atoms with Crippen molar-refractivity contribution in [1.29, 1.82) is 0 Å². The first-order valence-electron chi connectivity index (χ1n) is 7.28. The average molecular weight is 364 g/mol. The van der Waals surface area contributed by atoms with Crippen LogP contribution in [0.2, 0.25) is 0 Å². The van der Waals surface area contributed by atoms with Crippen molar-refractivity contribution in [2.24, 2.45) is 0 Å². The van der Waals surface area contributed by atoms with E-state index >= 15 is 0 Å². The highest BCUT2D eigenvalue weighted by atomic mass is 32.2. The number of carbonyl (C=O) groups excluding carboxylic acids is 1. The third-order valence-electron chi connectivity index (χ3n) is 3.53. The van der Waals surface area contributed by atoms with Gasteiger partial charge in [-0.2, -0.15) is 0 Å². The molecule has 1 heterocycles. The zero-order valence-corrected chi connectivity index (χ0v) is 15.7. The summed E-state index contributed by atoms with van der Waals surface area (Å²) in [5.74, 6) is -0.301. The minimum absolute atomic E-state index is 0.145. The van der Waals surface area contributed by atoms with Crippen molar-refractivity contribution >= 4 is 39.0 Å². The Hall–Kier alpha value is -1.96. The molecule has 0 bridgehead atoms. The zero-order valence-electron chi connectivity index (χ0n) is 14.0. The lowest BCUT2D eigenvalue weighted by atomic mass is 10.2. The zero-order chi connectivity index (χ0) is 17.9. The Morgan fingerprint density at radius 3 is 2.46 bits per heavy atom. The Morgan fingerprint density at radius 2 is 1.88 bits per heavy atom. The van der Waals surface area contributed by atoms with E-state index in [0.717, 1.165) is 20.3 Å². The van der Waals surface area contributed by atoms with Gasteiger partial charge in [0.05, 0.1) is 4.90 Å². The molecule has 2 rings (SSSR count). The fourth-order valence-electron chi connectivity index (χ4n) is 1.99. The molecule has 1 aromatic carbocycles. The molecular weight excluding hydrogens is 344 g/mol. The van der Waals surface area contributed by atoms with Crippen LogP contribution >= 0.6 is 11.3 Å². The molecule has 2 aromatic rings. The van der Waals surface area contributed by atoms with Gasteiger partial charge in [-0.1, -0.05) is 6.07 Å². The van der Waals surface area contributed by atoms with E-state index < -0.39 is 10.0 Å². The molecule has 0 aliphatic rings. The number of amides is 1. The van der Waals surface area contributed by atoms with Gasteiger partial charge in [-0.15, -0.1) is 11.3 Å². The first-order chi connectivity index (χ1) is 11.2. The van der Waals surface area contributed by atoms with Crippen molar-refractivity contribution in [3.63, 3.8) is 0 Å². The van der Waals surface area contributed by atoms with Crippen LogP contribution in [-0.4, -0.2) is 32.7 Å². The highest BCUT2D eigenvalue weighted by Crippen LogP contribution is 2.22. The number of nitrogens with one attached hydrogen (secondary N) is 1. The standard InChI is InChI=1S/C17H20N2O3S2/c1-12-5-6-14(24(21,22)19(3)4)11-15(12)18-17(20)8-7-16-13(2)9-10-23-16/h5-11H,1-4H3,(H,18,20)/b8-7+. The van der Waals surface area contributed by atoms with Crippen molar-refractivity contribution < 1.29 is 13.2 Å². The minimum atomic E-state index is -3.54. The van der Waals surface area contributed by atoms with Crippen LogP contribution in [0.1, 0.15) is 16.0 Å². The summed E-state index contributed by atoms with van der Waals surface area (Å²) in [6.45, 7) is 3.79. The van der Waals surface area contributed by atoms with Crippen molar-refractivity contribution in [1.82, 2.24) is 4.31 Å². The number of anilines is 1. The number of hydrogen-bond acceptors (Lipinski definition) is 4. The smallest absolute Gasteiger partial charge is 0.248 e. The molecule has 0 saturated heterocycles. The summed E-state index contributed by atoms with van der Waals surface area (Å²) in [7, 11) is -0.596. The Balaban J connectivity index is 2.22. The molecule has 1 N–H and O–H groups in total. The second-order valence-electron chi connectivity index (χ2n) is 5.55. The molecule has 0 unspecified atom stereocenters. The fraction of sp³-hybridized carbons (Fsp3) is 0.235. The topological polar surface area (TPSA) is 66.5 Å². The van der Waals surface area contributed by atoms with Crippen molar-refractivity contribution in [2.45, 2.75) is 18.7 Å². The van der Waals surface area contributed by atoms with E-state index in [1.807, 2.05) is 25.3 Å². The van der Waals surface area contributed by atoms with Gasteiger partial charge < -0.3 is 5.32 Å². The van der Waals surface area contributed by atoms with Crippen LogP contribution in [0.15, 0.2) is 40.6 Å². The number of aryl methyl sites for hydroxylation is 2. The number of thiophene rings is 1. The summed E-state index contributed by atoms with van der Waals surface area (Å²) in [6.07, 6.45) is 3.20. The largest absolute Gasteiger partial charge is 0.322 e. The van der Waals surface area contributed by atoms with E-state index in [1.165, 1.54) is 32.3 Å². The number of nitrogens with zero attached hydrogens (tertiary/aromatic N) is 1. The SMILES string of the molecule is Cc1ccc(S(=O)(=O)N(C)C)cc1NC(=O)/C=C/c1sccc1C. The molecule has 0 fully saturated rings. The number of benzene rings is 1. The minimum Gasteiger partial charge on any atom is -0.322 e. The maximum absolute atomic E-state index is 12.2. The summed E-state index contributed by atoms with van der Waals surface area (Å²) in [6, 6.07) is 6.68. The molecule has 1 aromatic heterocycles. The van der Waals surface area contributed by atoms with Gasteiger partial charge >= 0.3 is 0 Å². The lowest BCUT2D eigenvalue weighted by Gasteiger charge is -2.14. The highest BCUT2D eigenvalue weighted by Gasteiger charge is 2.18. The molecule has 0 saturated carbocycles. The summed E-state index contributed by atoms with van der Waals surface area (Å²) >= 11 is 1.56. The predicted octanol–water partition coefficient (Wildman–Crippen LogP) is 3.27. The second kappa shape index (κ2) is 7.29. The molecule has 0 atom stereocenters. The molecular formula is C17H20N2O3S2. The van der Waals surface area contributed by atoms with Gasteiger partial charge in [0, 0.05) is 30.7 Å². The van der Waals surface area contributed by atoms with Crippen LogP contribution in [0.25, 0.3) is 6.08 Å². The Kier molecular flexibility index (Phi) is 5.58. The summed E-state index contributed by atoms with van der Waals surface area (Å²) < 4.78 is 25.5. The third kappa shape index (κ3) is 4.11. The number of rotatable bonds is 5. The van der Waals surface area contributed by atoms with Gasteiger partial charge in [-0.3, -0.25) is 4.79 Å². The normalized spacial score (nSPS) is 12.0. The predicted molar refractivity (Wildman–Crippen MR) is 98.8 cm³/mol. The Bertz CT molecular complexity index is 881. The summed E-state index contributed by atoms with van der Waals surface area (Å²) in [5, 5.41) is 4.70. The molecule has 128 valence electrons. The molecule has 7 heteroatoms. The Morgan fingerprint density at radius 1 is 1.17 bits per heavy atom. The molecule has 0 radical (unpaired) electrons. The maximum Gasteiger partial charge on any atom is 0.248 e. The van der Waals surface area contributed by atoms with Gasteiger partial charge in [0.1, 0.15) is 0 Å². The summed E-state index contributed by atoms with van der Waals surface area (Å²) in [4.78, 5) is 13.3. The lowest BCUT2D eigenvalue weighted by Crippen LogP contribution is -2.22. The lowest BCUT2D eigenvalue weighted by molar-refractivity contribution is -0.111. The van der Waals surface area contributed by atoms with Gasteiger partial charge in [0.15, 0.2) is 0 Å². The van der Waals surface area contributed by atoms with E-state index in [0.29, 0.717) is 5.69 Å². The molecule has 24 heavy (non-hydrogen) atoms. The van der Waals surface area contributed by atoms with E-state index in [9.17, 15) is 13.2 Å². The molecule has 5 nitrogen and oxygen atoms in total. The van der Waals surface area contributed by atoms with Crippen molar-refractivity contribution in [2.75, 3.05) is 19.4 Å². The van der Waals surface area contributed by atoms with E-state index in [-0.39, 0.29) is 10.8 Å². The Labute approximate surface area is 146 Å². The first-order valence-corrected chi connectivity index (χ1v) is 9.60. The van der Waals surface area contributed by atoms with Crippen LogP contribution in [0.3, 0.4) is 0 Å². The maximum atomic E-state index is 12.2.